The summed E-state index contributed by atoms with van der Waals surface area (Å²) in [6.07, 6.45) is 0. The fourth-order valence-corrected chi connectivity index (χ4v) is 1.91. The SMILES string of the molecule is CC(Nc1ccccc1C(C)C)C(=O)NC(C)(C)C. The van der Waals surface area contributed by atoms with Crippen molar-refractivity contribution in [3.8, 4) is 0 Å². The molecule has 0 bridgehead atoms. The molecule has 3 nitrogen and oxygen atoms in total. The Morgan fingerprint density at radius 1 is 1.11 bits per heavy atom. The first kappa shape index (κ1) is 15.5. The number of anilines is 1. The lowest BCUT2D eigenvalue weighted by molar-refractivity contribution is -0.122. The van der Waals surface area contributed by atoms with E-state index in [9.17, 15) is 4.79 Å². The van der Waals surface area contributed by atoms with Gasteiger partial charge in [0.25, 0.3) is 0 Å². The van der Waals surface area contributed by atoms with Crippen molar-refractivity contribution < 1.29 is 4.79 Å². The lowest BCUT2D eigenvalue weighted by atomic mass is 10.0. The van der Waals surface area contributed by atoms with Gasteiger partial charge in [-0.2, -0.15) is 0 Å². The third-order valence-electron chi connectivity index (χ3n) is 2.85. The zero-order chi connectivity index (χ0) is 14.6. The minimum atomic E-state index is -0.251. The molecule has 0 spiro atoms. The summed E-state index contributed by atoms with van der Waals surface area (Å²) in [6.45, 7) is 12.2. The standard InChI is InChI=1S/C16H26N2O/c1-11(2)13-9-7-8-10-14(13)17-12(3)15(19)18-16(4,5)6/h7-12,17H,1-6H3,(H,18,19). The summed E-state index contributed by atoms with van der Waals surface area (Å²) >= 11 is 0. The van der Waals surface area contributed by atoms with E-state index < -0.39 is 0 Å². The molecule has 1 amide bonds. The molecule has 0 aliphatic heterocycles. The highest BCUT2D eigenvalue weighted by molar-refractivity contribution is 5.85. The van der Waals surface area contributed by atoms with E-state index in [0.29, 0.717) is 5.92 Å². The summed E-state index contributed by atoms with van der Waals surface area (Å²) in [6, 6.07) is 7.89. The number of carbonyl (C=O) groups is 1. The average Bonchev–Trinajstić information content (AvgIpc) is 2.27. The lowest BCUT2D eigenvalue weighted by Crippen LogP contribution is -2.47. The van der Waals surface area contributed by atoms with E-state index in [4.69, 9.17) is 0 Å². The first-order chi connectivity index (χ1) is 8.70. The van der Waals surface area contributed by atoms with Gasteiger partial charge in [-0.15, -0.1) is 0 Å². The quantitative estimate of drug-likeness (QED) is 0.871. The van der Waals surface area contributed by atoms with Crippen LogP contribution in [0.4, 0.5) is 5.69 Å². The summed E-state index contributed by atoms with van der Waals surface area (Å²) in [7, 11) is 0. The van der Waals surface area contributed by atoms with Crippen molar-refractivity contribution >= 4 is 11.6 Å². The Bertz CT molecular complexity index is 433. The molecule has 19 heavy (non-hydrogen) atoms. The van der Waals surface area contributed by atoms with Gasteiger partial charge in [0.15, 0.2) is 0 Å². The Morgan fingerprint density at radius 2 is 1.68 bits per heavy atom. The van der Waals surface area contributed by atoms with Gasteiger partial charge in [-0.1, -0.05) is 32.0 Å². The molecule has 0 fully saturated rings. The van der Waals surface area contributed by atoms with Crippen LogP contribution in [0.25, 0.3) is 0 Å². The summed E-state index contributed by atoms with van der Waals surface area (Å²) < 4.78 is 0. The fourth-order valence-electron chi connectivity index (χ4n) is 1.91. The van der Waals surface area contributed by atoms with Crippen molar-refractivity contribution in [1.82, 2.24) is 5.32 Å². The zero-order valence-corrected chi connectivity index (χ0v) is 12.9. The molecular formula is C16H26N2O. The largest absolute Gasteiger partial charge is 0.374 e. The number of amides is 1. The summed E-state index contributed by atoms with van der Waals surface area (Å²) in [4.78, 5) is 12.1. The van der Waals surface area contributed by atoms with Crippen LogP contribution in [-0.4, -0.2) is 17.5 Å². The van der Waals surface area contributed by atoms with E-state index >= 15 is 0 Å². The van der Waals surface area contributed by atoms with Crippen LogP contribution in [0.2, 0.25) is 0 Å². The molecule has 0 heterocycles. The Kier molecular flexibility index (Phi) is 4.98. The molecule has 1 unspecified atom stereocenters. The van der Waals surface area contributed by atoms with Gasteiger partial charge < -0.3 is 10.6 Å². The lowest BCUT2D eigenvalue weighted by Gasteiger charge is -2.25. The molecule has 3 heteroatoms. The summed E-state index contributed by atoms with van der Waals surface area (Å²) in [5, 5.41) is 6.29. The predicted molar refractivity (Wildman–Crippen MR) is 81.5 cm³/mol. The third-order valence-corrected chi connectivity index (χ3v) is 2.85. The topological polar surface area (TPSA) is 41.1 Å². The van der Waals surface area contributed by atoms with E-state index in [2.05, 4.69) is 30.5 Å². The van der Waals surface area contributed by atoms with Gasteiger partial charge in [-0.25, -0.2) is 0 Å². The van der Waals surface area contributed by atoms with E-state index in [0.717, 1.165) is 5.69 Å². The smallest absolute Gasteiger partial charge is 0.242 e. The molecule has 0 aromatic heterocycles. The van der Waals surface area contributed by atoms with Crippen molar-refractivity contribution in [2.75, 3.05) is 5.32 Å². The second-order valence-corrected chi connectivity index (χ2v) is 6.35. The Morgan fingerprint density at radius 3 is 2.21 bits per heavy atom. The maximum absolute atomic E-state index is 12.1. The van der Waals surface area contributed by atoms with E-state index in [1.165, 1.54) is 5.56 Å². The molecule has 1 aromatic carbocycles. The van der Waals surface area contributed by atoms with Crippen LogP contribution in [0.5, 0.6) is 0 Å². The van der Waals surface area contributed by atoms with Gasteiger partial charge in [0.1, 0.15) is 6.04 Å². The highest BCUT2D eigenvalue weighted by atomic mass is 16.2. The van der Waals surface area contributed by atoms with Crippen molar-refractivity contribution in [3.05, 3.63) is 29.8 Å². The maximum atomic E-state index is 12.1. The number of hydrogen-bond donors (Lipinski definition) is 2. The number of benzene rings is 1. The Labute approximate surface area is 116 Å². The second-order valence-electron chi connectivity index (χ2n) is 6.35. The van der Waals surface area contributed by atoms with Crippen molar-refractivity contribution in [3.63, 3.8) is 0 Å². The number of hydrogen-bond acceptors (Lipinski definition) is 2. The highest BCUT2D eigenvalue weighted by Crippen LogP contribution is 2.24. The van der Waals surface area contributed by atoms with E-state index in [1.54, 1.807) is 0 Å². The van der Waals surface area contributed by atoms with Crippen LogP contribution in [0.15, 0.2) is 24.3 Å². The molecule has 0 saturated carbocycles. The van der Waals surface area contributed by atoms with Gasteiger partial charge in [-0.3, -0.25) is 4.79 Å². The first-order valence-corrected chi connectivity index (χ1v) is 6.88. The molecular weight excluding hydrogens is 236 g/mol. The Balaban J connectivity index is 2.77. The third kappa shape index (κ3) is 4.93. The minimum absolute atomic E-state index is 0.0195. The van der Waals surface area contributed by atoms with Crippen LogP contribution in [0.3, 0.4) is 0 Å². The molecule has 1 atom stereocenters. The maximum Gasteiger partial charge on any atom is 0.242 e. The molecule has 0 aliphatic rings. The molecule has 0 aliphatic carbocycles. The number of rotatable bonds is 4. The van der Waals surface area contributed by atoms with Crippen LogP contribution in [0.1, 0.15) is 53.0 Å². The zero-order valence-electron chi connectivity index (χ0n) is 12.9. The second kappa shape index (κ2) is 6.09. The Hall–Kier alpha value is -1.51. The normalized spacial score (nSPS) is 13.2. The molecule has 2 N–H and O–H groups in total. The van der Waals surface area contributed by atoms with Gasteiger partial charge >= 0.3 is 0 Å². The van der Waals surface area contributed by atoms with Gasteiger partial charge in [-0.05, 0) is 45.2 Å². The van der Waals surface area contributed by atoms with E-state index in [-0.39, 0.29) is 17.5 Å². The van der Waals surface area contributed by atoms with Crippen LogP contribution in [-0.2, 0) is 4.79 Å². The number of carbonyl (C=O) groups excluding carboxylic acids is 1. The number of nitrogens with one attached hydrogen (secondary N) is 2. The molecule has 1 aromatic rings. The van der Waals surface area contributed by atoms with Crippen molar-refractivity contribution in [2.24, 2.45) is 0 Å². The minimum Gasteiger partial charge on any atom is -0.374 e. The predicted octanol–water partition coefficient (Wildman–Crippen LogP) is 3.53. The fraction of sp³-hybridized carbons (Fsp3) is 0.562. The summed E-state index contributed by atoms with van der Waals surface area (Å²) in [5.74, 6) is 0.452. The highest BCUT2D eigenvalue weighted by Gasteiger charge is 2.19. The average molecular weight is 262 g/mol. The van der Waals surface area contributed by atoms with Gasteiger partial charge in [0, 0.05) is 11.2 Å². The molecule has 0 saturated heterocycles. The molecule has 0 radical (unpaired) electrons. The van der Waals surface area contributed by atoms with E-state index in [1.807, 2.05) is 45.9 Å². The van der Waals surface area contributed by atoms with Gasteiger partial charge in [0.2, 0.25) is 5.91 Å². The van der Waals surface area contributed by atoms with Crippen molar-refractivity contribution in [2.45, 2.75) is 59.0 Å². The molecule has 106 valence electrons. The van der Waals surface area contributed by atoms with Crippen molar-refractivity contribution in [1.29, 1.82) is 0 Å². The molecule has 1 rings (SSSR count). The summed E-state index contributed by atoms with van der Waals surface area (Å²) in [5.41, 5.74) is 2.07. The van der Waals surface area contributed by atoms with Crippen LogP contribution >= 0.6 is 0 Å². The number of para-hydroxylation sites is 1. The first-order valence-electron chi connectivity index (χ1n) is 6.88. The van der Waals surface area contributed by atoms with Crippen LogP contribution < -0.4 is 10.6 Å². The van der Waals surface area contributed by atoms with Gasteiger partial charge in [0.05, 0.1) is 0 Å². The monoisotopic (exact) mass is 262 g/mol. The van der Waals surface area contributed by atoms with Crippen LogP contribution in [0, 0.1) is 0 Å².